The minimum atomic E-state index is 0.893. The largest absolute Gasteiger partial charge is 0.249 e. The normalized spacial score (nSPS) is 9.56. The van der Waals surface area contributed by atoms with Crippen LogP contribution >= 0.6 is 25.2 Å². The van der Waals surface area contributed by atoms with E-state index in [2.05, 4.69) is 30.2 Å². The number of aromatic nitrogens is 1. The lowest BCUT2D eigenvalue weighted by atomic mass is 10.3. The van der Waals surface area contributed by atoms with Gasteiger partial charge >= 0.3 is 0 Å². The molecule has 3 heteroatoms. The second-order valence-corrected chi connectivity index (χ2v) is 2.91. The fourth-order valence-corrected chi connectivity index (χ4v) is 1.00. The van der Waals surface area contributed by atoms with E-state index in [1.165, 1.54) is 5.56 Å². The van der Waals surface area contributed by atoms with Gasteiger partial charge in [-0.25, -0.2) is 4.98 Å². The van der Waals surface area contributed by atoms with Gasteiger partial charge in [-0.2, -0.15) is 0 Å². The van der Waals surface area contributed by atoms with Crippen LogP contribution in [0.25, 0.3) is 0 Å². The SMILES string of the molecule is PCc1ccc(Br)nc1. The summed E-state index contributed by atoms with van der Waals surface area (Å²) in [5.74, 6) is 0. The number of rotatable bonds is 1. The van der Waals surface area contributed by atoms with E-state index < -0.39 is 0 Å². The van der Waals surface area contributed by atoms with Crippen LogP contribution in [0.1, 0.15) is 5.56 Å². The summed E-state index contributed by atoms with van der Waals surface area (Å²) < 4.78 is 0.893. The van der Waals surface area contributed by atoms with E-state index in [1.54, 1.807) is 0 Å². The van der Waals surface area contributed by atoms with Gasteiger partial charge in [0.1, 0.15) is 4.60 Å². The highest BCUT2D eigenvalue weighted by Crippen LogP contribution is 2.08. The van der Waals surface area contributed by atoms with Gasteiger partial charge in [0.25, 0.3) is 0 Å². The van der Waals surface area contributed by atoms with Crippen LogP contribution in [0.5, 0.6) is 0 Å². The minimum absolute atomic E-state index is 0.893. The Morgan fingerprint density at radius 3 is 2.78 bits per heavy atom. The Bertz CT molecular complexity index is 185. The van der Waals surface area contributed by atoms with Gasteiger partial charge in [-0.3, -0.25) is 0 Å². The zero-order chi connectivity index (χ0) is 6.69. The van der Waals surface area contributed by atoms with Gasteiger partial charge in [0.05, 0.1) is 0 Å². The number of halogens is 1. The Balaban J connectivity index is 2.88. The predicted octanol–water partition coefficient (Wildman–Crippen LogP) is 2.22. The van der Waals surface area contributed by atoms with Crippen molar-refractivity contribution in [3.63, 3.8) is 0 Å². The molecular formula is C6H7BrNP. The molecule has 1 aromatic heterocycles. The van der Waals surface area contributed by atoms with Crippen molar-refractivity contribution < 1.29 is 0 Å². The molecule has 1 atom stereocenters. The Kier molecular flexibility index (Phi) is 2.62. The third-order valence-electron chi connectivity index (χ3n) is 1.02. The van der Waals surface area contributed by atoms with Crippen LogP contribution in [0.4, 0.5) is 0 Å². The van der Waals surface area contributed by atoms with Gasteiger partial charge in [0, 0.05) is 6.20 Å². The van der Waals surface area contributed by atoms with Crippen LogP contribution in [0.15, 0.2) is 22.9 Å². The topological polar surface area (TPSA) is 12.9 Å². The maximum atomic E-state index is 4.05. The molecule has 0 saturated carbocycles. The monoisotopic (exact) mass is 203 g/mol. The predicted molar refractivity (Wildman–Crippen MR) is 45.4 cm³/mol. The fourth-order valence-electron chi connectivity index (χ4n) is 0.527. The summed E-state index contributed by atoms with van der Waals surface area (Å²) >= 11 is 3.26. The Morgan fingerprint density at radius 1 is 1.56 bits per heavy atom. The molecule has 0 amide bonds. The van der Waals surface area contributed by atoms with E-state index in [1.807, 2.05) is 18.3 Å². The molecule has 1 unspecified atom stereocenters. The molecule has 0 aliphatic heterocycles. The van der Waals surface area contributed by atoms with Crippen LogP contribution < -0.4 is 0 Å². The summed E-state index contributed by atoms with van der Waals surface area (Å²) in [5, 5.41) is 0. The maximum Gasteiger partial charge on any atom is 0.106 e. The van der Waals surface area contributed by atoms with Crippen LogP contribution in [0.3, 0.4) is 0 Å². The molecule has 1 rings (SSSR count). The van der Waals surface area contributed by atoms with Crippen molar-refractivity contribution >= 4 is 25.2 Å². The van der Waals surface area contributed by atoms with Gasteiger partial charge < -0.3 is 0 Å². The highest BCUT2D eigenvalue weighted by molar-refractivity contribution is 9.10. The molecule has 0 fully saturated rings. The Hall–Kier alpha value is 0.0600. The number of pyridine rings is 1. The van der Waals surface area contributed by atoms with Crippen LogP contribution in [0, 0.1) is 0 Å². The summed E-state index contributed by atoms with van der Waals surface area (Å²) in [4.78, 5) is 4.05. The molecule has 0 saturated heterocycles. The Labute approximate surface area is 65.2 Å². The average Bonchev–Trinajstić information content (AvgIpc) is 1.90. The molecule has 1 aromatic rings. The van der Waals surface area contributed by atoms with Crippen LogP contribution in [-0.4, -0.2) is 4.98 Å². The molecular weight excluding hydrogens is 197 g/mol. The molecule has 0 aliphatic rings. The first kappa shape index (κ1) is 7.17. The third kappa shape index (κ3) is 2.04. The first-order chi connectivity index (χ1) is 4.33. The van der Waals surface area contributed by atoms with Crippen LogP contribution in [-0.2, 0) is 6.16 Å². The van der Waals surface area contributed by atoms with Crippen molar-refractivity contribution in [1.29, 1.82) is 0 Å². The minimum Gasteiger partial charge on any atom is -0.249 e. The lowest BCUT2D eigenvalue weighted by Gasteiger charge is -1.92. The number of hydrogen-bond acceptors (Lipinski definition) is 1. The number of nitrogens with zero attached hydrogens (tertiary/aromatic N) is 1. The van der Waals surface area contributed by atoms with E-state index in [4.69, 9.17) is 0 Å². The van der Waals surface area contributed by atoms with Gasteiger partial charge in [-0.05, 0) is 33.7 Å². The second kappa shape index (κ2) is 3.28. The van der Waals surface area contributed by atoms with E-state index >= 15 is 0 Å². The highest BCUT2D eigenvalue weighted by atomic mass is 79.9. The van der Waals surface area contributed by atoms with Crippen molar-refractivity contribution in [2.75, 3.05) is 0 Å². The summed E-state index contributed by atoms with van der Waals surface area (Å²) in [7, 11) is 2.65. The molecule has 48 valence electrons. The standard InChI is InChI=1S/C6H7BrNP/c7-6-2-1-5(4-9)3-8-6/h1-3H,4,9H2. The van der Waals surface area contributed by atoms with Crippen molar-refractivity contribution in [2.45, 2.75) is 6.16 Å². The molecule has 0 radical (unpaired) electrons. The van der Waals surface area contributed by atoms with Gasteiger partial charge in [-0.1, -0.05) is 6.07 Å². The quantitative estimate of drug-likeness (QED) is 0.504. The van der Waals surface area contributed by atoms with Crippen molar-refractivity contribution in [3.05, 3.63) is 28.5 Å². The maximum absolute atomic E-state index is 4.05. The molecule has 0 bridgehead atoms. The average molecular weight is 204 g/mol. The molecule has 1 nitrogen and oxygen atoms in total. The zero-order valence-electron chi connectivity index (χ0n) is 4.84. The van der Waals surface area contributed by atoms with E-state index in [0.717, 1.165) is 10.8 Å². The third-order valence-corrected chi connectivity index (χ3v) is 1.96. The summed E-state index contributed by atoms with van der Waals surface area (Å²) in [5.41, 5.74) is 1.24. The smallest absolute Gasteiger partial charge is 0.106 e. The fraction of sp³-hybridized carbons (Fsp3) is 0.167. The first-order valence-electron chi connectivity index (χ1n) is 2.63. The lowest BCUT2D eigenvalue weighted by Crippen LogP contribution is -1.78. The summed E-state index contributed by atoms with van der Waals surface area (Å²) in [6.07, 6.45) is 2.83. The zero-order valence-corrected chi connectivity index (χ0v) is 7.58. The molecule has 0 spiro atoms. The molecule has 0 aromatic carbocycles. The van der Waals surface area contributed by atoms with Crippen molar-refractivity contribution in [1.82, 2.24) is 4.98 Å². The lowest BCUT2D eigenvalue weighted by molar-refractivity contribution is 1.22. The van der Waals surface area contributed by atoms with Gasteiger partial charge in [0.2, 0.25) is 0 Å². The highest BCUT2D eigenvalue weighted by Gasteiger charge is 1.87. The molecule has 1 heterocycles. The molecule has 0 aliphatic carbocycles. The van der Waals surface area contributed by atoms with Crippen molar-refractivity contribution in [2.24, 2.45) is 0 Å². The van der Waals surface area contributed by atoms with E-state index in [9.17, 15) is 0 Å². The summed E-state index contributed by atoms with van der Waals surface area (Å²) in [6, 6.07) is 3.99. The number of hydrogen-bond donors (Lipinski definition) is 0. The van der Waals surface area contributed by atoms with Gasteiger partial charge in [0.15, 0.2) is 0 Å². The molecule has 9 heavy (non-hydrogen) atoms. The van der Waals surface area contributed by atoms with E-state index in [0.29, 0.717) is 0 Å². The van der Waals surface area contributed by atoms with Crippen LogP contribution in [0.2, 0.25) is 0 Å². The summed E-state index contributed by atoms with van der Waals surface area (Å²) in [6.45, 7) is 0. The van der Waals surface area contributed by atoms with Crippen molar-refractivity contribution in [3.8, 4) is 0 Å². The first-order valence-corrected chi connectivity index (χ1v) is 4.24. The molecule has 0 N–H and O–H groups in total. The van der Waals surface area contributed by atoms with E-state index in [-0.39, 0.29) is 0 Å². The second-order valence-electron chi connectivity index (χ2n) is 1.69. The Morgan fingerprint density at radius 2 is 2.33 bits per heavy atom. The van der Waals surface area contributed by atoms with Gasteiger partial charge in [-0.15, -0.1) is 9.24 Å².